The summed E-state index contributed by atoms with van der Waals surface area (Å²) < 4.78 is 0. The first-order valence-electron chi connectivity index (χ1n) is 8.21. The molecule has 2 atom stereocenters. The minimum absolute atomic E-state index is 0.719. The van der Waals surface area contributed by atoms with Crippen molar-refractivity contribution in [2.45, 2.75) is 69.7 Å². The third-order valence-corrected chi connectivity index (χ3v) is 5.09. The third-order valence-electron chi connectivity index (χ3n) is 5.09. The summed E-state index contributed by atoms with van der Waals surface area (Å²) in [6.45, 7) is 3.43. The van der Waals surface area contributed by atoms with Crippen molar-refractivity contribution in [2.75, 3.05) is 6.54 Å². The monoisotopic (exact) mass is 257 g/mol. The predicted molar refractivity (Wildman–Crippen MR) is 81.7 cm³/mol. The minimum atomic E-state index is 0.719. The highest BCUT2D eigenvalue weighted by atomic mass is 14.9. The van der Waals surface area contributed by atoms with Crippen LogP contribution in [-0.2, 0) is 0 Å². The van der Waals surface area contributed by atoms with Crippen LogP contribution in [0.15, 0.2) is 24.3 Å². The van der Waals surface area contributed by atoms with Crippen molar-refractivity contribution in [1.82, 2.24) is 5.32 Å². The van der Waals surface area contributed by atoms with Gasteiger partial charge in [-0.1, -0.05) is 44.0 Å². The molecule has 104 valence electrons. The number of benzene rings is 1. The predicted octanol–water partition coefficient (Wildman–Crippen LogP) is 4.59. The van der Waals surface area contributed by atoms with Crippen molar-refractivity contribution < 1.29 is 0 Å². The Morgan fingerprint density at radius 3 is 2.58 bits per heavy atom. The van der Waals surface area contributed by atoms with Crippen LogP contribution in [0.25, 0.3) is 0 Å². The fraction of sp³-hybridized carbons (Fsp3) is 0.667. The lowest BCUT2D eigenvalue weighted by molar-refractivity contribution is 0.418. The van der Waals surface area contributed by atoms with Gasteiger partial charge in [0.25, 0.3) is 0 Å². The van der Waals surface area contributed by atoms with Crippen molar-refractivity contribution in [3.8, 4) is 0 Å². The lowest BCUT2D eigenvalue weighted by Crippen LogP contribution is -2.31. The molecule has 0 spiro atoms. The molecular weight excluding hydrogens is 230 g/mol. The molecule has 2 fully saturated rings. The van der Waals surface area contributed by atoms with Crippen LogP contribution in [0.5, 0.6) is 0 Å². The normalized spacial score (nSPS) is 27.4. The Balaban J connectivity index is 1.72. The Hall–Kier alpha value is -0.820. The van der Waals surface area contributed by atoms with Crippen molar-refractivity contribution in [3.05, 3.63) is 35.4 Å². The summed E-state index contributed by atoms with van der Waals surface area (Å²) in [4.78, 5) is 0. The van der Waals surface area contributed by atoms with Crippen molar-refractivity contribution in [2.24, 2.45) is 0 Å². The van der Waals surface area contributed by atoms with E-state index in [2.05, 4.69) is 36.5 Å². The topological polar surface area (TPSA) is 12.0 Å². The van der Waals surface area contributed by atoms with Crippen LogP contribution in [0.3, 0.4) is 0 Å². The fourth-order valence-electron chi connectivity index (χ4n) is 3.72. The van der Waals surface area contributed by atoms with E-state index in [-0.39, 0.29) is 0 Å². The molecule has 2 aliphatic rings. The lowest BCUT2D eigenvalue weighted by Gasteiger charge is -2.27. The molecule has 0 amide bonds. The maximum atomic E-state index is 3.76. The molecule has 1 aromatic rings. The summed E-state index contributed by atoms with van der Waals surface area (Å²) in [7, 11) is 0. The first-order chi connectivity index (χ1) is 9.38. The molecule has 1 N–H and O–H groups in total. The molecule has 1 heteroatoms. The molecule has 0 radical (unpaired) electrons. The van der Waals surface area contributed by atoms with Gasteiger partial charge in [0.1, 0.15) is 0 Å². The average molecular weight is 257 g/mol. The van der Waals surface area contributed by atoms with E-state index < -0.39 is 0 Å². The van der Waals surface area contributed by atoms with Crippen LogP contribution in [0, 0.1) is 0 Å². The molecule has 0 aromatic heterocycles. The van der Waals surface area contributed by atoms with Crippen LogP contribution in [0.4, 0.5) is 0 Å². The highest BCUT2D eigenvalue weighted by Gasteiger charge is 2.28. The van der Waals surface area contributed by atoms with Gasteiger partial charge in [-0.3, -0.25) is 0 Å². The summed E-state index contributed by atoms with van der Waals surface area (Å²) in [6, 6.07) is 10.2. The molecule has 0 saturated heterocycles. The van der Waals surface area contributed by atoms with E-state index in [0.29, 0.717) is 0 Å². The van der Waals surface area contributed by atoms with Gasteiger partial charge in [0, 0.05) is 6.04 Å². The van der Waals surface area contributed by atoms with Gasteiger partial charge in [-0.25, -0.2) is 0 Å². The largest absolute Gasteiger partial charge is 0.313 e. The van der Waals surface area contributed by atoms with Crippen LogP contribution >= 0.6 is 0 Å². The summed E-state index contributed by atoms with van der Waals surface area (Å²) in [5, 5.41) is 3.76. The van der Waals surface area contributed by atoms with E-state index in [1.165, 1.54) is 51.5 Å². The van der Waals surface area contributed by atoms with Gasteiger partial charge in [-0.05, 0) is 61.6 Å². The molecule has 1 aromatic carbocycles. The van der Waals surface area contributed by atoms with Gasteiger partial charge in [0.05, 0.1) is 0 Å². The van der Waals surface area contributed by atoms with Crippen LogP contribution in [-0.4, -0.2) is 12.6 Å². The van der Waals surface area contributed by atoms with Crippen molar-refractivity contribution in [1.29, 1.82) is 0 Å². The highest BCUT2D eigenvalue weighted by Crippen LogP contribution is 2.39. The maximum absolute atomic E-state index is 3.76. The molecular formula is C18H27N. The fourth-order valence-corrected chi connectivity index (χ4v) is 3.72. The van der Waals surface area contributed by atoms with E-state index in [1.807, 2.05) is 0 Å². The number of hydrogen-bond donors (Lipinski definition) is 1. The Morgan fingerprint density at radius 2 is 1.84 bits per heavy atom. The van der Waals surface area contributed by atoms with Gasteiger partial charge < -0.3 is 5.32 Å². The number of hydrogen-bond acceptors (Lipinski definition) is 1. The van der Waals surface area contributed by atoms with E-state index in [9.17, 15) is 0 Å². The Labute approximate surface area is 117 Å². The van der Waals surface area contributed by atoms with E-state index >= 15 is 0 Å². The first-order valence-corrected chi connectivity index (χ1v) is 8.21. The standard InChI is InChI=1S/C18H27N/c1-2-12-19-18-11-5-10-17(18)16-9-4-8-15(13-16)14-6-3-7-14/h4,8-9,13-14,17-19H,2-3,5-7,10-12H2,1H3. The van der Waals surface area contributed by atoms with Gasteiger partial charge in [-0.2, -0.15) is 0 Å². The molecule has 2 saturated carbocycles. The van der Waals surface area contributed by atoms with Gasteiger partial charge in [0.2, 0.25) is 0 Å². The van der Waals surface area contributed by atoms with Gasteiger partial charge >= 0.3 is 0 Å². The SMILES string of the molecule is CCCNC1CCCC1c1cccc(C2CCC2)c1. The summed E-state index contributed by atoms with van der Waals surface area (Å²) in [5.41, 5.74) is 3.19. The van der Waals surface area contributed by atoms with Crippen LogP contribution in [0.2, 0.25) is 0 Å². The molecule has 1 nitrogen and oxygen atoms in total. The van der Waals surface area contributed by atoms with Crippen LogP contribution in [0.1, 0.15) is 74.8 Å². The average Bonchev–Trinajstić information content (AvgIpc) is 2.83. The third kappa shape index (κ3) is 2.86. The van der Waals surface area contributed by atoms with Crippen molar-refractivity contribution in [3.63, 3.8) is 0 Å². The molecule has 3 rings (SSSR count). The zero-order valence-corrected chi connectivity index (χ0v) is 12.2. The zero-order valence-electron chi connectivity index (χ0n) is 12.2. The van der Waals surface area contributed by atoms with Crippen LogP contribution < -0.4 is 5.32 Å². The number of nitrogens with one attached hydrogen (secondary N) is 1. The number of rotatable bonds is 5. The quantitative estimate of drug-likeness (QED) is 0.813. The van der Waals surface area contributed by atoms with E-state index in [0.717, 1.165) is 17.9 Å². The minimum Gasteiger partial charge on any atom is -0.313 e. The van der Waals surface area contributed by atoms with Crippen molar-refractivity contribution >= 4 is 0 Å². The second-order valence-corrected chi connectivity index (χ2v) is 6.40. The Morgan fingerprint density at radius 1 is 1.05 bits per heavy atom. The highest BCUT2D eigenvalue weighted by molar-refractivity contribution is 5.31. The second kappa shape index (κ2) is 6.09. The molecule has 2 aliphatic carbocycles. The summed E-state index contributed by atoms with van der Waals surface area (Å²) in [6.07, 6.45) is 9.61. The molecule has 2 unspecified atom stereocenters. The summed E-state index contributed by atoms with van der Waals surface area (Å²) >= 11 is 0. The maximum Gasteiger partial charge on any atom is 0.0136 e. The van der Waals surface area contributed by atoms with E-state index in [4.69, 9.17) is 0 Å². The summed E-state index contributed by atoms with van der Waals surface area (Å²) in [5.74, 6) is 1.62. The van der Waals surface area contributed by atoms with Gasteiger partial charge in [-0.15, -0.1) is 0 Å². The lowest BCUT2D eigenvalue weighted by atomic mass is 9.78. The first kappa shape index (κ1) is 13.2. The van der Waals surface area contributed by atoms with Gasteiger partial charge in [0.15, 0.2) is 0 Å². The molecule has 0 bridgehead atoms. The van der Waals surface area contributed by atoms with E-state index in [1.54, 1.807) is 11.1 Å². The Kier molecular flexibility index (Phi) is 4.22. The molecule has 0 aliphatic heterocycles. The Bertz CT molecular complexity index is 408. The second-order valence-electron chi connectivity index (χ2n) is 6.40. The smallest absolute Gasteiger partial charge is 0.0136 e. The molecule has 0 heterocycles. The zero-order chi connectivity index (χ0) is 13.1. The molecule has 19 heavy (non-hydrogen) atoms.